The molecule has 0 saturated carbocycles. The Kier molecular flexibility index (Phi) is 2.78. The van der Waals surface area contributed by atoms with E-state index in [1.807, 2.05) is 0 Å². The Morgan fingerprint density at radius 1 is 1.31 bits per heavy atom. The van der Waals surface area contributed by atoms with Crippen LogP contribution in [0.5, 0.6) is 0 Å². The number of aromatic amines is 1. The lowest BCUT2D eigenvalue weighted by Crippen LogP contribution is -1.97. The first-order chi connectivity index (χ1) is 7.58. The summed E-state index contributed by atoms with van der Waals surface area (Å²) in [4.78, 5) is 5.99. The van der Waals surface area contributed by atoms with Gasteiger partial charge < -0.3 is 4.98 Å². The van der Waals surface area contributed by atoms with E-state index in [1.165, 1.54) is 6.07 Å². The molecule has 2 aromatic heterocycles. The number of halogens is 2. The van der Waals surface area contributed by atoms with Gasteiger partial charge >= 0.3 is 0 Å². The second-order valence-electron chi connectivity index (χ2n) is 3.36. The number of aromatic nitrogens is 2. The highest BCUT2D eigenvalue weighted by atomic mass is 32.1. The van der Waals surface area contributed by atoms with E-state index in [0.717, 1.165) is 0 Å². The van der Waals surface area contributed by atoms with E-state index in [-0.39, 0.29) is 5.56 Å². The van der Waals surface area contributed by atoms with Crippen molar-refractivity contribution >= 4 is 12.2 Å². The van der Waals surface area contributed by atoms with Crippen molar-refractivity contribution in [2.24, 2.45) is 0 Å². The molecule has 0 aliphatic rings. The Hall–Kier alpha value is -1.62. The van der Waals surface area contributed by atoms with Gasteiger partial charge in [-0.25, -0.2) is 0 Å². The first-order valence-electron chi connectivity index (χ1n) is 4.60. The number of H-pyrrole nitrogens is 1. The fourth-order valence-corrected chi connectivity index (χ4v) is 1.70. The van der Waals surface area contributed by atoms with Crippen LogP contribution in [-0.2, 0) is 0 Å². The quantitative estimate of drug-likeness (QED) is 0.609. The van der Waals surface area contributed by atoms with Crippen LogP contribution in [0.4, 0.5) is 8.78 Å². The van der Waals surface area contributed by atoms with Crippen molar-refractivity contribution in [2.75, 3.05) is 0 Å². The predicted molar refractivity (Wildman–Crippen MR) is 59.5 cm³/mol. The molecule has 2 rings (SSSR count). The maximum absolute atomic E-state index is 13.5. The maximum atomic E-state index is 13.5. The minimum atomic E-state index is -0.839. The largest absolute Gasteiger partial charge is 0.346 e. The third kappa shape index (κ3) is 1.99. The minimum Gasteiger partial charge on any atom is -0.346 e. The summed E-state index contributed by atoms with van der Waals surface area (Å²) < 4.78 is 26.8. The summed E-state index contributed by atoms with van der Waals surface area (Å²) >= 11 is 4.94. The molecular weight excluding hydrogens is 230 g/mol. The molecule has 0 fully saturated rings. The van der Waals surface area contributed by atoms with Gasteiger partial charge in [-0.3, -0.25) is 0 Å². The second-order valence-corrected chi connectivity index (χ2v) is 3.80. The van der Waals surface area contributed by atoms with Crippen molar-refractivity contribution in [2.45, 2.75) is 6.92 Å². The zero-order valence-electron chi connectivity index (χ0n) is 8.42. The van der Waals surface area contributed by atoms with E-state index in [9.17, 15) is 8.78 Å². The van der Waals surface area contributed by atoms with Gasteiger partial charge in [-0.1, -0.05) is 18.3 Å². The Bertz CT molecular complexity index is 570. The highest BCUT2D eigenvalue weighted by Crippen LogP contribution is 2.23. The van der Waals surface area contributed by atoms with E-state index in [1.54, 1.807) is 25.1 Å². The van der Waals surface area contributed by atoms with Crippen LogP contribution in [0.3, 0.4) is 0 Å². The standard InChI is InChI=1S/C11H8F2N2S/c1-6-5-8(12)15-11(13)10(6)7-3-2-4-9(16)14-7/h2-5H,1H3,(H,14,16). The second kappa shape index (κ2) is 4.09. The van der Waals surface area contributed by atoms with Crippen LogP contribution in [0, 0.1) is 23.5 Å². The molecule has 1 N–H and O–H groups in total. The van der Waals surface area contributed by atoms with Crippen LogP contribution >= 0.6 is 12.2 Å². The molecule has 0 atom stereocenters. The lowest BCUT2D eigenvalue weighted by molar-refractivity contribution is 0.513. The van der Waals surface area contributed by atoms with Crippen LogP contribution in [0.1, 0.15) is 5.56 Å². The third-order valence-corrected chi connectivity index (χ3v) is 2.42. The molecule has 2 aromatic rings. The smallest absolute Gasteiger partial charge is 0.225 e. The van der Waals surface area contributed by atoms with Crippen LogP contribution in [0.15, 0.2) is 24.3 Å². The fraction of sp³-hybridized carbons (Fsp3) is 0.0909. The highest BCUT2D eigenvalue weighted by Gasteiger charge is 2.12. The van der Waals surface area contributed by atoms with E-state index >= 15 is 0 Å². The molecular formula is C11H8F2N2S. The molecule has 2 heterocycles. The summed E-state index contributed by atoms with van der Waals surface area (Å²) in [5, 5.41) is 0. The summed E-state index contributed by atoms with van der Waals surface area (Å²) in [5.74, 6) is -1.66. The normalized spacial score (nSPS) is 10.4. The lowest BCUT2D eigenvalue weighted by atomic mass is 10.1. The number of aryl methyl sites for hydroxylation is 1. The summed E-state index contributed by atoms with van der Waals surface area (Å²) in [7, 11) is 0. The summed E-state index contributed by atoms with van der Waals surface area (Å²) in [6.45, 7) is 1.62. The van der Waals surface area contributed by atoms with Gasteiger partial charge in [0.05, 0.1) is 11.3 Å². The van der Waals surface area contributed by atoms with Gasteiger partial charge in [-0.05, 0) is 30.7 Å². The number of hydrogen-bond acceptors (Lipinski definition) is 2. The van der Waals surface area contributed by atoms with Gasteiger partial charge in [0.15, 0.2) is 0 Å². The number of pyridine rings is 2. The Morgan fingerprint density at radius 2 is 2.06 bits per heavy atom. The topological polar surface area (TPSA) is 28.7 Å². The molecule has 0 spiro atoms. The SMILES string of the molecule is Cc1cc(F)nc(F)c1-c1cccc(=S)[nH]1. The van der Waals surface area contributed by atoms with Crippen molar-refractivity contribution in [1.82, 2.24) is 9.97 Å². The Morgan fingerprint density at radius 3 is 2.69 bits per heavy atom. The van der Waals surface area contributed by atoms with E-state index < -0.39 is 11.9 Å². The predicted octanol–water partition coefficient (Wildman–Crippen LogP) is 3.39. The molecule has 0 aromatic carbocycles. The molecule has 0 aliphatic carbocycles. The molecule has 16 heavy (non-hydrogen) atoms. The molecule has 2 nitrogen and oxygen atoms in total. The summed E-state index contributed by atoms with van der Waals surface area (Å²) in [5.41, 5.74) is 1.21. The minimum absolute atomic E-state index is 0.244. The number of nitrogens with zero attached hydrogens (tertiary/aromatic N) is 1. The van der Waals surface area contributed by atoms with Crippen LogP contribution < -0.4 is 0 Å². The van der Waals surface area contributed by atoms with Gasteiger partial charge in [-0.15, -0.1) is 0 Å². The van der Waals surface area contributed by atoms with Gasteiger partial charge in [0.25, 0.3) is 0 Å². The van der Waals surface area contributed by atoms with Crippen molar-refractivity contribution in [3.8, 4) is 11.3 Å². The number of nitrogens with one attached hydrogen (secondary N) is 1. The first-order valence-corrected chi connectivity index (χ1v) is 5.01. The molecule has 0 amide bonds. The monoisotopic (exact) mass is 238 g/mol. The molecule has 0 bridgehead atoms. The van der Waals surface area contributed by atoms with Crippen molar-refractivity contribution in [3.05, 3.63) is 46.4 Å². The van der Waals surface area contributed by atoms with Crippen molar-refractivity contribution < 1.29 is 8.78 Å². The first kappa shape index (κ1) is 10.9. The molecule has 0 aliphatic heterocycles. The number of hydrogen-bond donors (Lipinski definition) is 1. The van der Waals surface area contributed by atoms with Crippen LogP contribution in [0.25, 0.3) is 11.3 Å². The summed E-state index contributed by atoms with van der Waals surface area (Å²) in [6.07, 6.45) is 0. The average molecular weight is 238 g/mol. The Balaban J connectivity index is 2.69. The maximum Gasteiger partial charge on any atom is 0.225 e. The molecule has 0 radical (unpaired) electrons. The van der Waals surface area contributed by atoms with E-state index in [2.05, 4.69) is 9.97 Å². The van der Waals surface area contributed by atoms with Gasteiger partial charge in [-0.2, -0.15) is 13.8 Å². The molecule has 0 unspecified atom stereocenters. The fourth-order valence-electron chi connectivity index (χ4n) is 1.51. The van der Waals surface area contributed by atoms with E-state index in [4.69, 9.17) is 12.2 Å². The van der Waals surface area contributed by atoms with Gasteiger partial charge in [0.2, 0.25) is 11.9 Å². The molecule has 82 valence electrons. The summed E-state index contributed by atoms with van der Waals surface area (Å²) in [6, 6.07) is 6.24. The molecule has 5 heteroatoms. The molecule has 0 saturated heterocycles. The average Bonchev–Trinajstić information content (AvgIpc) is 2.15. The van der Waals surface area contributed by atoms with Gasteiger partial charge in [0.1, 0.15) is 4.64 Å². The highest BCUT2D eigenvalue weighted by molar-refractivity contribution is 7.71. The third-order valence-electron chi connectivity index (χ3n) is 2.18. The van der Waals surface area contributed by atoms with Crippen molar-refractivity contribution in [1.29, 1.82) is 0 Å². The Labute approximate surface area is 96.0 Å². The lowest BCUT2D eigenvalue weighted by Gasteiger charge is -2.06. The van der Waals surface area contributed by atoms with Crippen molar-refractivity contribution in [3.63, 3.8) is 0 Å². The zero-order valence-corrected chi connectivity index (χ0v) is 9.24. The zero-order chi connectivity index (χ0) is 11.7. The van der Waals surface area contributed by atoms with Crippen LogP contribution in [0.2, 0.25) is 0 Å². The van der Waals surface area contributed by atoms with E-state index in [0.29, 0.717) is 15.9 Å². The number of rotatable bonds is 1. The van der Waals surface area contributed by atoms with Crippen LogP contribution in [-0.4, -0.2) is 9.97 Å². The van der Waals surface area contributed by atoms with Gasteiger partial charge in [0, 0.05) is 0 Å².